The van der Waals surface area contributed by atoms with E-state index in [4.69, 9.17) is 5.73 Å². The van der Waals surface area contributed by atoms with Gasteiger partial charge >= 0.3 is 0 Å². The minimum Gasteiger partial charge on any atom is -0.321 e. The predicted octanol–water partition coefficient (Wildman–Crippen LogP) is 2.25. The number of pyridine rings is 1. The molecule has 86 valence electrons. The number of hydrogen-bond donors (Lipinski definition) is 1. The molecule has 4 heteroatoms. The molecule has 0 saturated heterocycles. The van der Waals surface area contributed by atoms with Crippen molar-refractivity contribution in [1.82, 2.24) is 14.5 Å². The Bertz CT molecular complexity index is 475. The Kier molecular flexibility index (Phi) is 3.19. The minimum absolute atomic E-state index is 0.000694. The van der Waals surface area contributed by atoms with Crippen LogP contribution in [0.4, 0.5) is 0 Å². The van der Waals surface area contributed by atoms with E-state index in [2.05, 4.69) is 28.4 Å². The molecule has 2 aromatic rings. The highest BCUT2D eigenvalue weighted by molar-refractivity contribution is 5.71. The lowest BCUT2D eigenvalue weighted by molar-refractivity contribution is 0.573. The monoisotopic (exact) mass is 218 g/mol. The molecular weight excluding hydrogens is 200 g/mol. The van der Waals surface area contributed by atoms with Gasteiger partial charge in [-0.2, -0.15) is 0 Å². The van der Waals surface area contributed by atoms with Gasteiger partial charge in [0.25, 0.3) is 0 Å². The van der Waals surface area contributed by atoms with Gasteiger partial charge in [-0.25, -0.2) is 9.97 Å². The summed E-state index contributed by atoms with van der Waals surface area (Å²) in [7, 11) is 0. The second kappa shape index (κ2) is 4.61. The van der Waals surface area contributed by atoms with Crippen molar-refractivity contribution in [1.29, 1.82) is 0 Å². The van der Waals surface area contributed by atoms with Crippen LogP contribution in [0.15, 0.2) is 18.3 Å². The molecule has 0 amide bonds. The molecule has 0 aliphatic carbocycles. The average Bonchev–Trinajstić information content (AvgIpc) is 2.68. The number of nitrogens with two attached hydrogens (primary N) is 1. The van der Waals surface area contributed by atoms with E-state index in [0.717, 1.165) is 36.4 Å². The Morgan fingerprint density at radius 1 is 1.44 bits per heavy atom. The second-order valence-corrected chi connectivity index (χ2v) is 3.98. The zero-order chi connectivity index (χ0) is 11.5. The van der Waals surface area contributed by atoms with Gasteiger partial charge in [0.1, 0.15) is 11.3 Å². The van der Waals surface area contributed by atoms with Crippen molar-refractivity contribution in [3.63, 3.8) is 0 Å². The third-order valence-corrected chi connectivity index (χ3v) is 2.75. The topological polar surface area (TPSA) is 56.7 Å². The van der Waals surface area contributed by atoms with Gasteiger partial charge in [-0.15, -0.1) is 0 Å². The minimum atomic E-state index is 0.000694. The average molecular weight is 218 g/mol. The van der Waals surface area contributed by atoms with Gasteiger partial charge in [-0.3, -0.25) is 0 Å². The molecule has 0 bridgehead atoms. The van der Waals surface area contributed by atoms with Crippen LogP contribution in [0.1, 0.15) is 38.6 Å². The summed E-state index contributed by atoms with van der Waals surface area (Å²) in [5.74, 6) is 0.957. The molecule has 2 heterocycles. The normalized spacial score (nSPS) is 13.2. The first-order valence-corrected chi connectivity index (χ1v) is 5.84. The van der Waals surface area contributed by atoms with Crippen LogP contribution in [-0.2, 0) is 6.54 Å². The van der Waals surface area contributed by atoms with Gasteiger partial charge < -0.3 is 10.3 Å². The van der Waals surface area contributed by atoms with E-state index in [0.29, 0.717) is 0 Å². The number of imidazole rings is 1. The molecule has 1 atom stereocenters. The fourth-order valence-corrected chi connectivity index (χ4v) is 1.89. The zero-order valence-corrected chi connectivity index (χ0v) is 9.85. The third-order valence-electron chi connectivity index (χ3n) is 2.75. The number of fused-ring (bicyclic) bond motifs is 1. The maximum absolute atomic E-state index is 6.08. The Morgan fingerprint density at radius 2 is 2.25 bits per heavy atom. The fraction of sp³-hybridized carbons (Fsp3) is 0.500. The lowest BCUT2D eigenvalue weighted by Gasteiger charge is -2.11. The summed E-state index contributed by atoms with van der Waals surface area (Å²) in [5.41, 5.74) is 7.97. The van der Waals surface area contributed by atoms with E-state index in [1.54, 1.807) is 6.20 Å². The van der Waals surface area contributed by atoms with Gasteiger partial charge in [0.2, 0.25) is 0 Å². The van der Waals surface area contributed by atoms with Crippen LogP contribution in [-0.4, -0.2) is 14.5 Å². The molecule has 16 heavy (non-hydrogen) atoms. The van der Waals surface area contributed by atoms with E-state index < -0.39 is 0 Å². The summed E-state index contributed by atoms with van der Waals surface area (Å²) in [4.78, 5) is 8.96. The predicted molar refractivity (Wildman–Crippen MR) is 65.0 cm³/mol. The molecule has 0 aromatic carbocycles. The molecule has 0 spiro atoms. The van der Waals surface area contributed by atoms with Crippen LogP contribution in [0.25, 0.3) is 11.2 Å². The number of rotatable bonds is 4. The van der Waals surface area contributed by atoms with Crippen LogP contribution in [0, 0.1) is 0 Å². The summed E-state index contributed by atoms with van der Waals surface area (Å²) in [5, 5.41) is 0. The Morgan fingerprint density at radius 3 is 2.94 bits per heavy atom. The number of hydrogen-bond acceptors (Lipinski definition) is 3. The molecule has 1 unspecified atom stereocenters. The highest BCUT2D eigenvalue weighted by atomic mass is 15.1. The Balaban J connectivity index is 2.58. The van der Waals surface area contributed by atoms with E-state index in [9.17, 15) is 0 Å². The maximum Gasteiger partial charge on any atom is 0.160 e. The van der Waals surface area contributed by atoms with E-state index >= 15 is 0 Å². The molecule has 4 nitrogen and oxygen atoms in total. The number of aromatic nitrogens is 3. The van der Waals surface area contributed by atoms with Gasteiger partial charge in [0.05, 0.1) is 6.04 Å². The van der Waals surface area contributed by atoms with Crippen molar-refractivity contribution in [2.75, 3.05) is 0 Å². The molecule has 0 saturated carbocycles. The van der Waals surface area contributed by atoms with Crippen LogP contribution in [0.2, 0.25) is 0 Å². The van der Waals surface area contributed by atoms with Crippen molar-refractivity contribution < 1.29 is 0 Å². The zero-order valence-electron chi connectivity index (χ0n) is 9.85. The van der Waals surface area contributed by atoms with Gasteiger partial charge in [0.15, 0.2) is 5.65 Å². The van der Waals surface area contributed by atoms with E-state index in [1.165, 1.54) is 0 Å². The summed E-state index contributed by atoms with van der Waals surface area (Å²) in [6, 6.07) is 3.90. The lowest BCUT2D eigenvalue weighted by atomic mass is 10.2. The first kappa shape index (κ1) is 11.1. The summed E-state index contributed by atoms with van der Waals surface area (Å²) >= 11 is 0. The molecule has 0 aliphatic rings. The van der Waals surface area contributed by atoms with Crippen LogP contribution in [0.5, 0.6) is 0 Å². The summed E-state index contributed by atoms with van der Waals surface area (Å²) in [6.45, 7) is 5.15. The summed E-state index contributed by atoms with van der Waals surface area (Å²) < 4.78 is 2.14. The van der Waals surface area contributed by atoms with Crippen molar-refractivity contribution in [3.05, 3.63) is 24.2 Å². The lowest BCUT2D eigenvalue weighted by Crippen LogP contribution is -2.16. The second-order valence-electron chi connectivity index (χ2n) is 3.98. The quantitative estimate of drug-likeness (QED) is 0.856. The molecular formula is C12H18N4. The maximum atomic E-state index is 6.08. The summed E-state index contributed by atoms with van der Waals surface area (Å²) in [6.07, 6.45) is 3.76. The Hall–Kier alpha value is -1.42. The highest BCUT2D eigenvalue weighted by Crippen LogP contribution is 2.19. The first-order chi connectivity index (χ1) is 7.77. The van der Waals surface area contributed by atoms with Crippen LogP contribution in [0.3, 0.4) is 0 Å². The van der Waals surface area contributed by atoms with Gasteiger partial charge in [-0.1, -0.05) is 13.8 Å². The van der Waals surface area contributed by atoms with Crippen LogP contribution < -0.4 is 5.73 Å². The fourth-order valence-electron chi connectivity index (χ4n) is 1.89. The van der Waals surface area contributed by atoms with Crippen LogP contribution >= 0.6 is 0 Å². The third kappa shape index (κ3) is 1.80. The molecule has 2 rings (SSSR count). The van der Waals surface area contributed by atoms with Crippen molar-refractivity contribution >= 4 is 11.2 Å². The smallest absolute Gasteiger partial charge is 0.160 e. The molecule has 0 fully saturated rings. The largest absolute Gasteiger partial charge is 0.321 e. The standard InChI is InChI=1S/C12H18N4/c1-3-8-16-11(9(13)4-2)15-10-6-5-7-14-12(10)16/h5-7,9H,3-4,8,13H2,1-2H3. The molecule has 2 N–H and O–H groups in total. The molecule has 0 radical (unpaired) electrons. The molecule has 0 aliphatic heterocycles. The SMILES string of the molecule is CCCn1c(C(N)CC)nc2cccnc21. The highest BCUT2D eigenvalue weighted by Gasteiger charge is 2.15. The number of nitrogens with zero attached hydrogens (tertiary/aromatic N) is 3. The van der Waals surface area contributed by atoms with Crippen molar-refractivity contribution in [3.8, 4) is 0 Å². The molecule has 2 aromatic heterocycles. The first-order valence-electron chi connectivity index (χ1n) is 5.84. The number of aryl methyl sites for hydroxylation is 1. The Labute approximate surface area is 95.5 Å². The van der Waals surface area contributed by atoms with Crippen molar-refractivity contribution in [2.45, 2.75) is 39.3 Å². The van der Waals surface area contributed by atoms with Crippen molar-refractivity contribution in [2.24, 2.45) is 5.73 Å². The van der Waals surface area contributed by atoms with Gasteiger partial charge in [-0.05, 0) is 25.0 Å². The van der Waals surface area contributed by atoms with E-state index in [-0.39, 0.29) is 6.04 Å². The van der Waals surface area contributed by atoms with E-state index in [1.807, 2.05) is 12.1 Å². The van der Waals surface area contributed by atoms with Gasteiger partial charge in [0, 0.05) is 12.7 Å².